The lowest BCUT2D eigenvalue weighted by atomic mass is 9.85. The summed E-state index contributed by atoms with van der Waals surface area (Å²) in [6, 6.07) is 5.71. The summed E-state index contributed by atoms with van der Waals surface area (Å²) in [7, 11) is 0. The van der Waals surface area contributed by atoms with E-state index in [4.69, 9.17) is 4.74 Å². The van der Waals surface area contributed by atoms with E-state index in [9.17, 15) is 9.59 Å². The average molecular weight is 329 g/mol. The highest BCUT2D eigenvalue weighted by molar-refractivity contribution is 6.00. The van der Waals surface area contributed by atoms with Gasteiger partial charge in [0.25, 0.3) is 5.91 Å². The number of fused-ring (bicyclic) bond motifs is 2. The van der Waals surface area contributed by atoms with Crippen molar-refractivity contribution in [3.63, 3.8) is 0 Å². The lowest BCUT2D eigenvalue weighted by molar-refractivity contribution is -0.122. The number of nitrogens with one attached hydrogen (secondary N) is 3. The van der Waals surface area contributed by atoms with Crippen molar-refractivity contribution < 1.29 is 14.3 Å². The van der Waals surface area contributed by atoms with Crippen LogP contribution in [0.4, 0.5) is 11.4 Å². The molecule has 1 aliphatic carbocycles. The Labute approximate surface area is 141 Å². The van der Waals surface area contributed by atoms with Gasteiger partial charge in [0, 0.05) is 11.7 Å². The molecule has 4 rings (SSSR count). The molecule has 128 valence electrons. The van der Waals surface area contributed by atoms with Crippen molar-refractivity contribution in [2.75, 3.05) is 10.6 Å². The Morgan fingerprint density at radius 1 is 1.29 bits per heavy atom. The van der Waals surface area contributed by atoms with Crippen molar-refractivity contribution >= 4 is 23.2 Å². The standard InChI is InChI=1S/C18H23N3O3/c1-10-17(22)21-14-9-12(6-7-16(14)24-10)19-18(23)15-8-11-4-2-3-5-13(11)20-15/h6-7,9-11,13,15,20H,2-5,8H2,1H3,(H,19,23)(H,21,22). The first kappa shape index (κ1) is 15.4. The Kier molecular flexibility index (Phi) is 3.92. The van der Waals surface area contributed by atoms with E-state index in [2.05, 4.69) is 16.0 Å². The molecular formula is C18H23N3O3. The number of rotatable bonds is 2. The number of anilines is 2. The molecule has 2 fully saturated rings. The summed E-state index contributed by atoms with van der Waals surface area (Å²) in [5.41, 5.74) is 1.28. The molecule has 4 atom stereocenters. The Balaban J connectivity index is 1.43. The number of benzene rings is 1. The van der Waals surface area contributed by atoms with Crippen molar-refractivity contribution in [3.05, 3.63) is 18.2 Å². The maximum atomic E-state index is 12.6. The highest BCUT2D eigenvalue weighted by Crippen LogP contribution is 2.35. The summed E-state index contributed by atoms with van der Waals surface area (Å²) in [5.74, 6) is 1.09. The lowest BCUT2D eigenvalue weighted by Gasteiger charge is -2.24. The molecule has 0 radical (unpaired) electrons. The zero-order chi connectivity index (χ0) is 16.7. The third-order valence-corrected chi connectivity index (χ3v) is 5.36. The number of hydrogen-bond acceptors (Lipinski definition) is 4. The van der Waals surface area contributed by atoms with Gasteiger partial charge in [-0.15, -0.1) is 0 Å². The molecule has 6 nitrogen and oxygen atoms in total. The van der Waals surface area contributed by atoms with E-state index in [0.29, 0.717) is 29.1 Å². The summed E-state index contributed by atoms with van der Waals surface area (Å²) in [5, 5.41) is 9.25. The fraction of sp³-hybridized carbons (Fsp3) is 0.556. The Hall–Kier alpha value is -2.08. The predicted octanol–water partition coefficient (Wildman–Crippen LogP) is 2.27. The highest BCUT2D eigenvalue weighted by atomic mass is 16.5. The van der Waals surface area contributed by atoms with Crippen LogP contribution in [0.5, 0.6) is 5.75 Å². The van der Waals surface area contributed by atoms with Gasteiger partial charge in [0.2, 0.25) is 5.91 Å². The topological polar surface area (TPSA) is 79.5 Å². The molecule has 1 saturated carbocycles. The van der Waals surface area contributed by atoms with Crippen molar-refractivity contribution in [2.24, 2.45) is 5.92 Å². The fourth-order valence-electron chi connectivity index (χ4n) is 4.04. The van der Waals surface area contributed by atoms with Crippen LogP contribution in [0.3, 0.4) is 0 Å². The van der Waals surface area contributed by atoms with Gasteiger partial charge in [0.15, 0.2) is 6.10 Å². The first-order valence-corrected chi connectivity index (χ1v) is 8.78. The summed E-state index contributed by atoms with van der Waals surface area (Å²) in [6.45, 7) is 1.71. The normalized spacial score (nSPS) is 31.5. The minimum Gasteiger partial charge on any atom is -0.479 e. The van der Waals surface area contributed by atoms with Gasteiger partial charge in [-0.25, -0.2) is 0 Å². The van der Waals surface area contributed by atoms with E-state index in [-0.39, 0.29) is 17.9 Å². The van der Waals surface area contributed by atoms with Crippen molar-refractivity contribution in [1.82, 2.24) is 5.32 Å². The smallest absolute Gasteiger partial charge is 0.265 e. The highest BCUT2D eigenvalue weighted by Gasteiger charge is 2.38. The van der Waals surface area contributed by atoms with Gasteiger partial charge >= 0.3 is 0 Å². The minimum absolute atomic E-state index is 0.000715. The summed E-state index contributed by atoms with van der Waals surface area (Å²) in [4.78, 5) is 24.3. The second kappa shape index (κ2) is 6.09. The molecule has 0 aromatic heterocycles. The number of hydrogen-bond donors (Lipinski definition) is 3. The Bertz CT molecular complexity index is 661. The van der Waals surface area contributed by atoms with Gasteiger partial charge in [-0.3, -0.25) is 9.59 Å². The third kappa shape index (κ3) is 2.86. The first-order valence-electron chi connectivity index (χ1n) is 8.78. The van der Waals surface area contributed by atoms with Gasteiger partial charge < -0.3 is 20.7 Å². The van der Waals surface area contributed by atoms with Gasteiger partial charge in [-0.2, -0.15) is 0 Å². The van der Waals surface area contributed by atoms with Crippen molar-refractivity contribution in [3.8, 4) is 5.75 Å². The maximum absolute atomic E-state index is 12.6. The molecule has 2 heterocycles. The molecule has 3 N–H and O–H groups in total. The van der Waals surface area contributed by atoms with E-state index < -0.39 is 6.10 Å². The van der Waals surface area contributed by atoms with Crippen LogP contribution in [0, 0.1) is 5.92 Å². The van der Waals surface area contributed by atoms with Gasteiger partial charge in [0.05, 0.1) is 11.7 Å². The van der Waals surface area contributed by atoms with E-state index in [0.717, 1.165) is 6.42 Å². The second-order valence-electron chi connectivity index (χ2n) is 7.06. The zero-order valence-corrected chi connectivity index (χ0v) is 13.8. The molecule has 24 heavy (non-hydrogen) atoms. The molecule has 0 bridgehead atoms. The monoisotopic (exact) mass is 329 g/mol. The number of carbonyl (C=O) groups excluding carboxylic acids is 2. The third-order valence-electron chi connectivity index (χ3n) is 5.36. The molecular weight excluding hydrogens is 306 g/mol. The summed E-state index contributed by atoms with van der Waals surface area (Å²) in [6.07, 6.45) is 5.35. The summed E-state index contributed by atoms with van der Waals surface area (Å²) < 4.78 is 5.53. The molecule has 1 saturated heterocycles. The maximum Gasteiger partial charge on any atom is 0.265 e. The van der Waals surface area contributed by atoms with Crippen molar-refractivity contribution in [1.29, 1.82) is 0 Å². The van der Waals surface area contributed by atoms with Crippen LogP contribution in [-0.4, -0.2) is 30.0 Å². The largest absolute Gasteiger partial charge is 0.479 e. The number of amides is 2. The molecule has 0 spiro atoms. The van der Waals surface area contributed by atoms with E-state index in [1.165, 1.54) is 25.7 Å². The number of ether oxygens (including phenoxy) is 1. The molecule has 2 aliphatic heterocycles. The van der Waals surface area contributed by atoms with Gasteiger partial charge in [-0.1, -0.05) is 12.8 Å². The predicted molar refractivity (Wildman–Crippen MR) is 91.1 cm³/mol. The van der Waals surface area contributed by atoms with Crippen LogP contribution in [0.1, 0.15) is 39.0 Å². The van der Waals surface area contributed by atoms with Crippen LogP contribution in [0.2, 0.25) is 0 Å². The van der Waals surface area contributed by atoms with Crippen molar-refractivity contribution in [2.45, 2.75) is 57.2 Å². The zero-order valence-electron chi connectivity index (χ0n) is 13.8. The molecule has 2 amide bonds. The summed E-state index contributed by atoms with van der Waals surface area (Å²) >= 11 is 0. The van der Waals surface area contributed by atoms with Crippen LogP contribution in [-0.2, 0) is 9.59 Å². The molecule has 6 heteroatoms. The quantitative estimate of drug-likeness (QED) is 0.778. The molecule has 4 unspecified atom stereocenters. The minimum atomic E-state index is -0.496. The lowest BCUT2D eigenvalue weighted by Crippen LogP contribution is -2.40. The Morgan fingerprint density at radius 2 is 2.12 bits per heavy atom. The first-order chi connectivity index (χ1) is 11.6. The molecule has 3 aliphatic rings. The van der Waals surface area contributed by atoms with Gasteiger partial charge in [-0.05, 0) is 50.3 Å². The van der Waals surface area contributed by atoms with Crippen LogP contribution in [0.25, 0.3) is 0 Å². The van der Waals surface area contributed by atoms with E-state index in [1.807, 2.05) is 6.07 Å². The fourth-order valence-corrected chi connectivity index (χ4v) is 4.04. The van der Waals surface area contributed by atoms with Crippen LogP contribution >= 0.6 is 0 Å². The van der Waals surface area contributed by atoms with E-state index in [1.54, 1.807) is 19.1 Å². The van der Waals surface area contributed by atoms with Gasteiger partial charge in [0.1, 0.15) is 5.75 Å². The average Bonchev–Trinajstić information content (AvgIpc) is 3.00. The van der Waals surface area contributed by atoms with Crippen LogP contribution in [0.15, 0.2) is 18.2 Å². The number of carbonyl (C=O) groups is 2. The second-order valence-corrected chi connectivity index (χ2v) is 7.06. The molecule has 1 aromatic rings. The van der Waals surface area contributed by atoms with E-state index >= 15 is 0 Å². The van der Waals surface area contributed by atoms with Crippen LogP contribution < -0.4 is 20.7 Å². The Morgan fingerprint density at radius 3 is 2.96 bits per heavy atom. The molecule has 1 aromatic carbocycles. The SMILES string of the molecule is CC1Oc2ccc(NC(=O)C3CC4CCCCC4N3)cc2NC1=O.